The third-order valence-corrected chi connectivity index (χ3v) is 3.02. The molecule has 0 aliphatic rings. The number of nitriles is 1. The zero-order valence-corrected chi connectivity index (χ0v) is 11.8. The molecule has 2 aromatic rings. The zero-order chi connectivity index (χ0) is 14.7. The van der Waals surface area contributed by atoms with E-state index in [-0.39, 0.29) is 22.3 Å². The largest absolute Gasteiger partial charge is 0.497 e. The van der Waals surface area contributed by atoms with E-state index >= 15 is 0 Å². The van der Waals surface area contributed by atoms with Crippen molar-refractivity contribution in [3.63, 3.8) is 0 Å². The predicted octanol–water partition coefficient (Wildman–Crippen LogP) is 4.81. The highest BCUT2D eigenvalue weighted by Crippen LogP contribution is 2.36. The lowest BCUT2D eigenvalue weighted by Gasteiger charge is -2.10. The van der Waals surface area contributed by atoms with E-state index in [9.17, 15) is 4.39 Å². The van der Waals surface area contributed by atoms with Crippen molar-refractivity contribution < 1.29 is 13.9 Å². The van der Waals surface area contributed by atoms with Gasteiger partial charge in [0.15, 0.2) is 5.75 Å². The molecule has 0 aliphatic heterocycles. The summed E-state index contributed by atoms with van der Waals surface area (Å²) in [5, 5.41) is 9.02. The number of hydrogen-bond donors (Lipinski definition) is 0. The van der Waals surface area contributed by atoms with Gasteiger partial charge in [-0.25, -0.2) is 4.39 Å². The van der Waals surface area contributed by atoms with Gasteiger partial charge in [0, 0.05) is 17.2 Å². The van der Waals surface area contributed by atoms with E-state index in [0.717, 1.165) is 6.07 Å². The maximum Gasteiger partial charge on any atom is 0.152 e. The predicted molar refractivity (Wildman–Crippen MR) is 74.2 cm³/mol. The summed E-state index contributed by atoms with van der Waals surface area (Å²) in [6.07, 6.45) is 0. The number of nitrogens with zero attached hydrogens (tertiary/aromatic N) is 1. The highest BCUT2D eigenvalue weighted by atomic mass is 35.5. The molecule has 0 heterocycles. The van der Waals surface area contributed by atoms with Crippen molar-refractivity contribution in [3.8, 4) is 23.3 Å². The molecule has 6 heteroatoms. The molecule has 0 radical (unpaired) electrons. The Kier molecular flexibility index (Phi) is 4.33. The number of halogens is 3. The summed E-state index contributed by atoms with van der Waals surface area (Å²) in [4.78, 5) is 0. The number of methoxy groups -OCH3 is 1. The van der Waals surface area contributed by atoms with Gasteiger partial charge in [0.1, 0.15) is 22.3 Å². The van der Waals surface area contributed by atoms with Gasteiger partial charge < -0.3 is 9.47 Å². The van der Waals surface area contributed by atoms with Crippen LogP contribution in [0.4, 0.5) is 4.39 Å². The lowest BCUT2D eigenvalue weighted by Crippen LogP contribution is -1.91. The molecule has 2 rings (SSSR count). The molecule has 0 saturated carbocycles. The van der Waals surface area contributed by atoms with Crippen LogP contribution in [0.3, 0.4) is 0 Å². The molecule has 20 heavy (non-hydrogen) atoms. The van der Waals surface area contributed by atoms with Gasteiger partial charge in [0.2, 0.25) is 0 Å². The van der Waals surface area contributed by atoms with Crippen molar-refractivity contribution in [2.24, 2.45) is 0 Å². The number of benzene rings is 2. The van der Waals surface area contributed by atoms with Gasteiger partial charge in [-0.15, -0.1) is 0 Å². The molecule has 0 unspecified atom stereocenters. The smallest absolute Gasteiger partial charge is 0.152 e. The Morgan fingerprint density at radius 3 is 2.50 bits per heavy atom. The van der Waals surface area contributed by atoms with Crippen molar-refractivity contribution in [2.45, 2.75) is 0 Å². The van der Waals surface area contributed by atoms with Gasteiger partial charge in [-0.1, -0.05) is 23.2 Å². The minimum atomic E-state index is -0.663. The van der Waals surface area contributed by atoms with Crippen LogP contribution in [0, 0.1) is 17.1 Å². The van der Waals surface area contributed by atoms with Gasteiger partial charge in [-0.2, -0.15) is 5.26 Å². The molecule has 0 aromatic heterocycles. The van der Waals surface area contributed by atoms with E-state index in [1.807, 2.05) is 6.07 Å². The second-order valence-corrected chi connectivity index (χ2v) is 4.63. The Morgan fingerprint density at radius 1 is 1.10 bits per heavy atom. The molecule has 102 valence electrons. The fourth-order valence-corrected chi connectivity index (χ4v) is 1.92. The monoisotopic (exact) mass is 311 g/mol. The van der Waals surface area contributed by atoms with E-state index < -0.39 is 5.82 Å². The summed E-state index contributed by atoms with van der Waals surface area (Å²) in [5.41, 5.74) is 0.326. The van der Waals surface area contributed by atoms with Crippen LogP contribution in [-0.2, 0) is 0 Å². The third-order valence-electron chi connectivity index (χ3n) is 2.43. The van der Waals surface area contributed by atoms with E-state index in [2.05, 4.69) is 0 Å². The average Bonchev–Trinajstić information content (AvgIpc) is 2.42. The first-order chi connectivity index (χ1) is 9.53. The van der Waals surface area contributed by atoms with Crippen molar-refractivity contribution in [3.05, 3.63) is 51.8 Å². The molecule has 0 amide bonds. The van der Waals surface area contributed by atoms with Crippen LogP contribution < -0.4 is 9.47 Å². The van der Waals surface area contributed by atoms with Gasteiger partial charge in [0.05, 0.1) is 18.7 Å². The van der Waals surface area contributed by atoms with Crippen LogP contribution in [0.5, 0.6) is 17.2 Å². The van der Waals surface area contributed by atoms with Crippen LogP contribution in [0.2, 0.25) is 10.0 Å². The minimum Gasteiger partial charge on any atom is -0.497 e. The molecular formula is C14H8Cl2FNO2. The van der Waals surface area contributed by atoms with Gasteiger partial charge in [-0.3, -0.25) is 0 Å². The second-order valence-electron chi connectivity index (χ2n) is 3.81. The van der Waals surface area contributed by atoms with Crippen LogP contribution in [0.25, 0.3) is 0 Å². The Hall–Kier alpha value is -1.96. The minimum absolute atomic E-state index is 0.0784. The summed E-state index contributed by atoms with van der Waals surface area (Å²) in [7, 11) is 1.40. The van der Waals surface area contributed by atoms with Crippen LogP contribution in [0.15, 0.2) is 30.3 Å². The molecule has 0 fully saturated rings. The summed E-state index contributed by atoms with van der Waals surface area (Å²) in [6.45, 7) is 0. The Balaban J connectivity index is 2.42. The van der Waals surface area contributed by atoms with Crippen molar-refractivity contribution in [2.75, 3.05) is 7.11 Å². The maximum absolute atomic E-state index is 13.6. The molecule has 3 nitrogen and oxygen atoms in total. The normalized spacial score (nSPS) is 9.95. The lowest BCUT2D eigenvalue weighted by molar-refractivity contribution is 0.404. The van der Waals surface area contributed by atoms with E-state index in [4.69, 9.17) is 37.9 Å². The molecule has 2 aromatic carbocycles. The number of hydrogen-bond acceptors (Lipinski definition) is 3. The van der Waals surface area contributed by atoms with Crippen LogP contribution >= 0.6 is 23.2 Å². The topological polar surface area (TPSA) is 42.2 Å². The molecule has 0 bridgehead atoms. The van der Waals surface area contributed by atoms with E-state index in [1.54, 1.807) is 0 Å². The molecule has 0 N–H and O–H groups in total. The first kappa shape index (κ1) is 14.4. The quantitative estimate of drug-likeness (QED) is 0.817. The molecule has 0 saturated heterocycles. The number of ether oxygens (including phenoxy) is 2. The van der Waals surface area contributed by atoms with E-state index in [1.165, 1.54) is 31.4 Å². The first-order valence-corrected chi connectivity index (χ1v) is 6.20. The van der Waals surface area contributed by atoms with Crippen molar-refractivity contribution in [1.82, 2.24) is 0 Å². The summed E-state index contributed by atoms with van der Waals surface area (Å²) in [5.74, 6) is -0.0359. The Bertz CT molecular complexity index is 698. The second kappa shape index (κ2) is 6.00. The van der Waals surface area contributed by atoms with E-state index in [0.29, 0.717) is 10.6 Å². The molecule has 0 spiro atoms. The standard InChI is InChI=1S/C14H8Cl2FNO2/c1-19-10-5-12(17)14(16)13(6-10)20-11-3-8(7-18)2-9(15)4-11/h2-6H,1H3. The van der Waals surface area contributed by atoms with Crippen molar-refractivity contribution >= 4 is 23.2 Å². The van der Waals surface area contributed by atoms with Gasteiger partial charge >= 0.3 is 0 Å². The molecule has 0 aliphatic carbocycles. The molecule has 0 atom stereocenters. The Morgan fingerprint density at radius 2 is 1.85 bits per heavy atom. The first-order valence-electron chi connectivity index (χ1n) is 5.45. The Labute approximate surface area is 125 Å². The highest BCUT2D eigenvalue weighted by molar-refractivity contribution is 6.32. The maximum atomic E-state index is 13.6. The lowest BCUT2D eigenvalue weighted by atomic mass is 10.2. The summed E-state index contributed by atoms with van der Waals surface area (Å²) < 4.78 is 24.0. The van der Waals surface area contributed by atoms with Gasteiger partial charge in [0.25, 0.3) is 0 Å². The highest BCUT2D eigenvalue weighted by Gasteiger charge is 2.12. The third kappa shape index (κ3) is 3.13. The fraction of sp³-hybridized carbons (Fsp3) is 0.0714. The van der Waals surface area contributed by atoms with Crippen LogP contribution in [0.1, 0.15) is 5.56 Å². The van der Waals surface area contributed by atoms with Crippen LogP contribution in [-0.4, -0.2) is 7.11 Å². The average molecular weight is 312 g/mol. The summed E-state index contributed by atoms with van der Waals surface area (Å²) >= 11 is 11.7. The number of rotatable bonds is 3. The zero-order valence-electron chi connectivity index (χ0n) is 10.3. The fourth-order valence-electron chi connectivity index (χ4n) is 1.55. The SMILES string of the molecule is COc1cc(F)c(Cl)c(Oc2cc(Cl)cc(C#N)c2)c1. The van der Waals surface area contributed by atoms with Crippen molar-refractivity contribution in [1.29, 1.82) is 5.26 Å². The summed E-state index contributed by atoms with van der Waals surface area (Å²) in [6, 6.07) is 8.99. The molecular weight excluding hydrogens is 304 g/mol. The van der Waals surface area contributed by atoms with Gasteiger partial charge in [-0.05, 0) is 18.2 Å².